The first-order valence-electron chi connectivity index (χ1n) is 15.1. The lowest BCUT2D eigenvalue weighted by Gasteiger charge is -2.40. The van der Waals surface area contributed by atoms with Crippen molar-refractivity contribution in [2.45, 2.75) is 71.4 Å². The van der Waals surface area contributed by atoms with Crippen LogP contribution in [-0.2, 0) is 0 Å². The number of allylic oxidation sites excluding steroid dienone is 4. The number of nitrogens with zero attached hydrogens (tertiary/aromatic N) is 2. The molecule has 7 rings (SSSR count). The van der Waals surface area contributed by atoms with Crippen molar-refractivity contribution in [2.24, 2.45) is 23.7 Å². The van der Waals surface area contributed by atoms with Gasteiger partial charge in [0.15, 0.2) is 5.78 Å². The Hall–Kier alpha value is -2.47. The number of fused-ring (bicyclic) bond motifs is 2. The van der Waals surface area contributed by atoms with Gasteiger partial charge in [0.05, 0.1) is 23.5 Å². The lowest BCUT2D eigenvalue weighted by Crippen LogP contribution is -2.27. The van der Waals surface area contributed by atoms with Crippen LogP contribution in [0.2, 0.25) is 0 Å². The lowest BCUT2D eigenvalue weighted by atomic mass is 9.66. The minimum atomic E-state index is -0.294. The topological polar surface area (TPSA) is 56.8 Å². The van der Waals surface area contributed by atoms with Crippen molar-refractivity contribution < 1.29 is 4.79 Å². The molecule has 1 saturated heterocycles. The van der Waals surface area contributed by atoms with E-state index in [0.717, 1.165) is 49.1 Å². The molecular formula is C35H37BrClN3O. The van der Waals surface area contributed by atoms with Gasteiger partial charge in [0.1, 0.15) is 5.69 Å². The predicted molar refractivity (Wildman–Crippen MR) is 171 cm³/mol. The summed E-state index contributed by atoms with van der Waals surface area (Å²) in [7, 11) is 0. The summed E-state index contributed by atoms with van der Waals surface area (Å²) in [6.07, 6.45) is 12.5. The molecule has 41 heavy (non-hydrogen) atoms. The Bertz CT molecular complexity index is 1650. The van der Waals surface area contributed by atoms with Crippen LogP contribution in [0.1, 0.15) is 68.6 Å². The number of nitrogens with one attached hydrogen (secondary N) is 1. The van der Waals surface area contributed by atoms with Gasteiger partial charge in [-0.15, -0.1) is 0 Å². The maximum Gasteiger partial charge on any atom is 0.200 e. The number of hydrogen-bond acceptors (Lipinski definition) is 3. The molecule has 0 radical (unpaired) electrons. The number of benzene rings is 2. The van der Waals surface area contributed by atoms with Gasteiger partial charge in [0.25, 0.3) is 0 Å². The molecule has 0 amide bonds. The molecule has 6 unspecified atom stereocenters. The number of aromatic nitrogens is 2. The number of halogens is 2. The standard InChI is InChI=1S/C35H37BrClN3O/c1-19-5-4-6-22-9-12-27(22)29(13-19)28-18-31(37)30(14-20(28)2)33-34(38-33)35(41)32-15-21(3)39-40(32)26-11-8-23-16-25(36)10-7-24(23)17-26/h7-8,10-11,14-20,22,28,33-34,38H,4-6,9,12-13H2,1-3H3/b29-27+. The third-order valence-electron chi connectivity index (χ3n) is 9.81. The van der Waals surface area contributed by atoms with Crippen LogP contribution in [-0.4, -0.2) is 27.6 Å². The Morgan fingerprint density at radius 3 is 2.63 bits per heavy atom. The summed E-state index contributed by atoms with van der Waals surface area (Å²) >= 11 is 10.6. The molecule has 4 nitrogen and oxygen atoms in total. The second kappa shape index (κ2) is 10.7. The highest BCUT2D eigenvalue weighted by molar-refractivity contribution is 9.10. The summed E-state index contributed by atoms with van der Waals surface area (Å²) in [5.74, 6) is 2.32. The molecular weight excluding hydrogens is 594 g/mol. The normalized spacial score (nSPS) is 31.4. The van der Waals surface area contributed by atoms with Gasteiger partial charge in [-0.25, -0.2) is 4.68 Å². The van der Waals surface area contributed by atoms with Crippen LogP contribution >= 0.6 is 27.5 Å². The number of hydrogen-bond donors (Lipinski definition) is 1. The summed E-state index contributed by atoms with van der Waals surface area (Å²) in [6, 6.07) is 13.9. The number of carbonyl (C=O) groups excluding carboxylic acids is 1. The predicted octanol–water partition coefficient (Wildman–Crippen LogP) is 8.85. The van der Waals surface area contributed by atoms with Crippen LogP contribution in [0, 0.1) is 30.6 Å². The molecule has 6 heteroatoms. The van der Waals surface area contributed by atoms with Gasteiger partial charge in [0.2, 0.25) is 0 Å². The maximum absolute atomic E-state index is 13.8. The Labute approximate surface area is 256 Å². The van der Waals surface area contributed by atoms with Crippen molar-refractivity contribution in [3.05, 3.63) is 92.2 Å². The molecule has 2 fully saturated rings. The fourth-order valence-corrected chi connectivity index (χ4v) is 8.14. The van der Waals surface area contributed by atoms with Crippen LogP contribution in [0.5, 0.6) is 0 Å². The van der Waals surface area contributed by atoms with Crippen LogP contribution in [0.15, 0.2) is 80.8 Å². The smallest absolute Gasteiger partial charge is 0.200 e. The zero-order valence-electron chi connectivity index (χ0n) is 24.0. The monoisotopic (exact) mass is 629 g/mol. The van der Waals surface area contributed by atoms with Gasteiger partial charge in [0, 0.05) is 15.4 Å². The Balaban J connectivity index is 1.12. The maximum atomic E-state index is 13.8. The van der Waals surface area contributed by atoms with Crippen LogP contribution in [0.3, 0.4) is 0 Å². The van der Waals surface area contributed by atoms with Crippen LogP contribution in [0.4, 0.5) is 0 Å². The summed E-state index contributed by atoms with van der Waals surface area (Å²) in [6.45, 7) is 6.67. The van der Waals surface area contributed by atoms with Crippen molar-refractivity contribution in [1.82, 2.24) is 15.1 Å². The fourth-order valence-electron chi connectivity index (χ4n) is 7.45. The third-order valence-corrected chi connectivity index (χ3v) is 10.7. The molecule has 212 valence electrons. The molecule has 1 aromatic heterocycles. The fraction of sp³-hybridized carbons (Fsp3) is 0.429. The quantitative estimate of drug-likeness (QED) is 0.174. The van der Waals surface area contributed by atoms with Gasteiger partial charge in [-0.05, 0) is 97.0 Å². The molecule has 1 N–H and O–H groups in total. The van der Waals surface area contributed by atoms with Crippen molar-refractivity contribution in [2.75, 3.05) is 0 Å². The number of aryl methyl sites for hydroxylation is 1. The second-order valence-electron chi connectivity index (χ2n) is 12.8. The van der Waals surface area contributed by atoms with E-state index in [-0.39, 0.29) is 17.9 Å². The number of ketones is 1. The first-order valence-corrected chi connectivity index (χ1v) is 16.3. The van der Waals surface area contributed by atoms with Crippen molar-refractivity contribution >= 4 is 44.1 Å². The third kappa shape index (κ3) is 5.08. The summed E-state index contributed by atoms with van der Waals surface area (Å²) in [5.41, 5.74) is 6.78. The molecule has 2 heterocycles. The average Bonchev–Trinajstić information content (AvgIpc) is 3.63. The SMILES string of the molecule is Cc1cc(C(=O)C2NC2C2=CC(C)C(/C3=C4\CCC4CCCC(C)C3)C=C2Cl)n(-c2ccc3cc(Br)ccc3c2)n1. The molecule has 3 aromatic rings. The van der Waals surface area contributed by atoms with Gasteiger partial charge in [-0.3, -0.25) is 10.1 Å². The summed E-state index contributed by atoms with van der Waals surface area (Å²) in [5, 5.41) is 11.2. The Morgan fingerprint density at radius 2 is 1.83 bits per heavy atom. The van der Waals surface area contributed by atoms with Gasteiger partial charge < -0.3 is 0 Å². The zero-order chi connectivity index (χ0) is 28.4. The van der Waals surface area contributed by atoms with Crippen molar-refractivity contribution in [3.8, 4) is 5.69 Å². The Kier molecular flexibility index (Phi) is 7.12. The number of Topliss-reactive ketones (excluding diaryl/α,β-unsaturated/α-hetero) is 1. The molecule has 1 saturated carbocycles. The van der Waals surface area contributed by atoms with Crippen molar-refractivity contribution in [1.29, 1.82) is 0 Å². The van der Waals surface area contributed by atoms with Gasteiger partial charge in [-0.2, -0.15) is 5.10 Å². The lowest BCUT2D eigenvalue weighted by molar-refractivity contribution is 0.0981. The van der Waals surface area contributed by atoms with Gasteiger partial charge >= 0.3 is 0 Å². The highest BCUT2D eigenvalue weighted by Gasteiger charge is 2.48. The minimum absolute atomic E-state index is 0.0578. The first-order chi connectivity index (χ1) is 19.8. The molecule has 0 spiro atoms. The highest BCUT2D eigenvalue weighted by Crippen LogP contribution is 2.49. The highest BCUT2D eigenvalue weighted by atomic mass is 79.9. The molecule has 1 aliphatic heterocycles. The molecule has 3 aliphatic carbocycles. The van der Waals surface area contributed by atoms with E-state index < -0.39 is 0 Å². The zero-order valence-corrected chi connectivity index (χ0v) is 26.3. The van der Waals surface area contributed by atoms with Crippen LogP contribution < -0.4 is 5.32 Å². The number of rotatable bonds is 5. The molecule has 0 bridgehead atoms. The Morgan fingerprint density at radius 1 is 1.02 bits per heavy atom. The van der Waals surface area contributed by atoms with E-state index in [1.54, 1.807) is 15.8 Å². The summed E-state index contributed by atoms with van der Waals surface area (Å²) < 4.78 is 2.84. The second-order valence-corrected chi connectivity index (χ2v) is 14.1. The van der Waals surface area contributed by atoms with Gasteiger partial charge in [-0.1, -0.05) is 89.7 Å². The van der Waals surface area contributed by atoms with E-state index in [2.05, 4.69) is 71.5 Å². The van der Waals surface area contributed by atoms with E-state index in [1.165, 1.54) is 38.5 Å². The molecule has 6 atom stereocenters. The largest absolute Gasteiger partial charge is 0.297 e. The van der Waals surface area contributed by atoms with E-state index in [4.69, 9.17) is 16.7 Å². The molecule has 2 aromatic carbocycles. The van der Waals surface area contributed by atoms with Crippen molar-refractivity contribution in [3.63, 3.8) is 0 Å². The minimum Gasteiger partial charge on any atom is -0.297 e. The first kappa shape index (κ1) is 27.4. The summed E-state index contributed by atoms with van der Waals surface area (Å²) in [4.78, 5) is 13.8. The average molecular weight is 631 g/mol. The van der Waals surface area contributed by atoms with E-state index in [1.807, 2.05) is 25.1 Å². The molecule has 4 aliphatic rings. The van der Waals surface area contributed by atoms with E-state index in [9.17, 15) is 4.79 Å². The van der Waals surface area contributed by atoms with E-state index >= 15 is 0 Å². The van der Waals surface area contributed by atoms with Crippen LogP contribution in [0.25, 0.3) is 16.5 Å². The number of carbonyl (C=O) groups is 1. The van der Waals surface area contributed by atoms with E-state index in [0.29, 0.717) is 17.5 Å².